The van der Waals surface area contributed by atoms with Crippen LogP contribution < -0.4 is 5.32 Å². The molecule has 2 atom stereocenters. The molecule has 1 fully saturated rings. The summed E-state index contributed by atoms with van der Waals surface area (Å²) in [5.41, 5.74) is 0. The zero-order chi connectivity index (χ0) is 13.0. The van der Waals surface area contributed by atoms with Crippen molar-refractivity contribution in [3.8, 4) is 0 Å². The first-order valence-corrected chi connectivity index (χ1v) is 7.23. The molecule has 1 aromatic heterocycles. The molecule has 1 aromatic rings. The van der Waals surface area contributed by atoms with Crippen LogP contribution in [0.5, 0.6) is 0 Å². The van der Waals surface area contributed by atoms with Crippen LogP contribution >= 0.6 is 11.8 Å². The van der Waals surface area contributed by atoms with E-state index in [2.05, 4.69) is 20.8 Å². The average molecular weight is 269 g/mol. The van der Waals surface area contributed by atoms with Gasteiger partial charge in [0.2, 0.25) is 5.16 Å². The minimum Gasteiger partial charge on any atom is -0.316 e. The van der Waals surface area contributed by atoms with Crippen molar-refractivity contribution in [2.24, 2.45) is 13.0 Å². The number of nitrogens with zero attached hydrogens (tertiary/aromatic N) is 4. The minimum absolute atomic E-state index is 0.0420. The summed E-state index contributed by atoms with van der Waals surface area (Å²) in [5.74, 6) is 0.482. The number of aryl methyl sites for hydroxylation is 1. The molecule has 2 heterocycles. The molecule has 0 spiro atoms. The lowest BCUT2D eigenvalue weighted by atomic mass is 9.92. The highest BCUT2D eigenvalue weighted by Gasteiger charge is 2.28. The van der Waals surface area contributed by atoms with Gasteiger partial charge in [-0.3, -0.25) is 4.79 Å². The van der Waals surface area contributed by atoms with Crippen LogP contribution in [0.15, 0.2) is 5.16 Å². The zero-order valence-electron chi connectivity index (χ0n) is 10.8. The van der Waals surface area contributed by atoms with Gasteiger partial charge in [-0.1, -0.05) is 18.7 Å². The first-order chi connectivity index (χ1) is 8.72. The molecule has 1 aliphatic heterocycles. The molecular formula is C11H19N5OS. The molecule has 0 aromatic carbocycles. The smallest absolute Gasteiger partial charge is 0.209 e. The van der Waals surface area contributed by atoms with Crippen molar-refractivity contribution in [3.63, 3.8) is 0 Å². The van der Waals surface area contributed by atoms with Crippen LogP contribution in [0.2, 0.25) is 0 Å². The molecule has 6 nitrogen and oxygen atoms in total. The summed E-state index contributed by atoms with van der Waals surface area (Å²) in [6, 6.07) is 0. The van der Waals surface area contributed by atoms with Crippen molar-refractivity contribution in [2.45, 2.75) is 36.6 Å². The van der Waals surface area contributed by atoms with Gasteiger partial charge in [0.15, 0.2) is 5.78 Å². The van der Waals surface area contributed by atoms with Gasteiger partial charge in [-0.2, -0.15) is 0 Å². The highest BCUT2D eigenvalue weighted by atomic mass is 32.2. The molecule has 0 saturated carbocycles. The Balaban J connectivity index is 1.99. The van der Waals surface area contributed by atoms with Crippen molar-refractivity contribution in [1.29, 1.82) is 0 Å². The van der Waals surface area contributed by atoms with Crippen LogP contribution in [0.3, 0.4) is 0 Å². The van der Waals surface area contributed by atoms with E-state index in [9.17, 15) is 4.79 Å². The molecular weight excluding hydrogens is 250 g/mol. The third-order valence-corrected chi connectivity index (χ3v) is 4.62. The highest BCUT2D eigenvalue weighted by molar-refractivity contribution is 8.00. The SMILES string of the molecule is CCC(Sc1nnnn1C)C(=O)C1CCCNC1. The average Bonchev–Trinajstić information content (AvgIpc) is 2.81. The fraction of sp³-hybridized carbons (Fsp3) is 0.818. The summed E-state index contributed by atoms with van der Waals surface area (Å²) >= 11 is 1.47. The predicted octanol–water partition coefficient (Wildman–Crippen LogP) is 0.649. The van der Waals surface area contributed by atoms with E-state index in [1.807, 2.05) is 6.92 Å². The Labute approximate surface area is 111 Å². The lowest BCUT2D eigenvalue weighted by Gasteiger charge is -2.24. The van der Waals surface area contributed by atoms with Gasteiger partial charge in [-0.15, -0.1) is 5.10 Å². The summed E-state index contributed by atoms with van der Waals surface area (Å²) in [5, 5.41) is 15.3. The molecule has 1 saturated heterocycles. The number of hydrogen-bond acceptors (Lipinski definition) is 6. The van der Waals surface area contributed by atoms with E-state index in [4.69, 9.17) is 0 Å². The van der Waals surface area contributed by atoms with Crippen LogP contribution in [-0.2, 0) is 11.8 Å². The van der Waals surface area contributed by atoms with Gasteiger partial charge in [-0.25, -0.2) is 4.68 Å². The van der Waals surface area contributed by atoms with E-state index in [-0.39, 0.29) is 11.2 Å². The standard InChI is InChI=1S/C11H19N5OS/c1-3-9(18-11-13-14-15-16(11)2)10(17)8-5-4-6-12-7-8/h8-9,12H,3-7H2,1-2H3. The van der Waals surface area contributed by atoms with Gasteiger partial charge in [0, 0.05) is 19.5 Å². The Morgan fingerprint density at radius 1 is 1.67 bits per heavy atom. The molecule has 0 amide bonds. The third-order valence-electron chi connectivity index (χ3n) is 3.22. The van der Waals surface area contributed by atoms with Gasteiger partial charge in [0.25, 0.3) is 0 Å². The zero-order valence-corrected chi connectivity index (χ0v) is 11.6. The molecule has 0 bridgehead atoms. The molecule has 2 unspecified atom stereocenters. The summed E-state index contributed by atoms with van der Waals surface area (Å²) in [7, 11) is 1.79. The quantitative estimate of drug-likeness (QED) is 0.791. The van der Waals surface area contributed by atoms with E-state index in [1.165, 1.54) is 11.8 Å². The Morgan fingerprint density at radius 3 is 3.06 bits per heavy atom. The lowest BCUT2D eigenvalue weighted by molar-refractivity contribution is -0.122. The molecule has 0 aliphatic carbocycles. The normalized spacial score (nSPS) is 21.8. The number of nitrogens with one attached hydrogen (secondary N) is 1. The third kappa shape index (κ3) is 3.08. The van der Waals surface area contributed by atoms with Gasteiger partial charge >= 0.3 is 0 Å². The summed E-state index contributed by atoms with van der Waals surface area (Å²) in [6.45, 7) is 3.88. The van der Waals surface area contributed by atoms with Gasteiger partial charge < -0.3 is 5.32 Å². The maximum atomic E-state index is 12.4. The second-order valence-corrected chi connectivity index (χ2v) is 5.72. The molecule has 18 heavy (non-hydrogen) atoms. The number of tetrazole rings is 1. The minimum atomic E-state index is -0.0420. The molecule has 100 valence electrons. The Kier molecular flexibility index (Phi) is 4.71. The van der Waals surface area contributed by atoms with Crippen molar-refractivity contribution < 1.29 is 4.79 Å². The molecule has 1 aliphatic rings. The summed E-state index contributed by atoms with van der Waals surface area (Å²) in [4.78, 5) is 12.4. The van der Waals surface area contributed by atoms with Crippen molar-refractivity contribution >= 4 is 17.5 Å². The summed E-state index contributed by atoms with van der Waals surface area (Å²) < 4.78 is 1.61. The summed E-state index contributed by atoms with van der Waals surface area (Å²) in [6.07, 6.45) is 2.90. The van der Waals surface area contributed by atoms with E-state index < -0.39 is 0 Å². The van der Waals surface area contributed by atoms with Crippen LogP contribution in [0, 0.1) is 5.92 Å². The topological polar surface area (TPSA) is 72.7 Å². The Hall–Kier alpha value is -0.950. The van der Waals surface area contributed by atoms with Gasteiger partial charge in [0.1, 0.15) is 0 Å². The largest absolute Gasteiger partial charge is 0.316 e. The fourth-order valence-corrected chi connectivity index (χ4v) is 3.15. The van der Waals surface area contributed by atoms with Crippen molar-refractivity contribution in [3.05, 3.63) is 0 Å². The molecule has 2 rings (SSSR count). The van der Waals surface area contributed by atoms with Gasteiger partial charge in [-0.05, 0) is 36.2 Å². The molecule has 0 radical (unpaired) electrons. The van der Waals surface area contributed by atoms with Crippen molar-refractivity contribution in [1.82, 2.24) is 25.5 Å². The number of piperidine rings is 1. The van der Waals surface area contributed by atoms with E-state index >= 15 is 0 Å². The number of carbonyl (C=O) groups is 1. The maximum absolute atomic E-state index is 12.4. The maximum Gasteiger partial charge on any atom is 0.209 e. The van der Waals surface area contributed by atoms with Crippen LogP contribution in [0.1, 0.15) is 26.2 Å². The van der Waals surface area contributed by atoms with Crippen LogP contribution in [0.25, 0.3) is 0 Å². The van der Waals surface area contributed by atoms with Crippen molar-refractivity contribution in [2.75, 3.05) is 13.1 Å². The van der Waals surface area contributed by atoms with E-state index in [0.29, 0.717) is 10.9 Å². The number of aromatic nitrogens is 4. The monoisotopic (exact) mass is 269 g/mol. The number of rotatable bonds is 5. The first-order valence-electron chi connectivity index (χ1n) is 6.35. The Morgan fingerprint density at radius 2 is 2.50 bits per heavy atom. The number of ketones is 1. The lowest BCUT2D eigenvalue weighted by Crippen LogP contribution is -2.38. The number of Topliss-reactive ketones (excluding diaryl/α,β-unsaturated/α-hetero) is 1. The van der Waals surface area contributed by atoms with Gasteiger partial charge in [0.05, 0.1) is 5.25 Å². The second-order valence-electron chi connectivity index (χ2n) is 4.55. The Bertz CT molecular complexity index is 402. The predicted molar refractivity (Wildman–Crippen MR) is 69.3 cm³/mol. The van der Waals surface area contributed by atoms with Crippen LogP contribution in [-0.4, -0.2) is 44.3 Å². The van der Waals surface area contributed by atoms with E-state index in [0.717, 1.165) is 32.4 Å². The highest BCUT2D eigenvalue weighted by Crippen LogP contribution is 2.27. The molecule has 7 heteroatoms. The number of hydrogen-bond donors (Lipinski definition) is 1. The number of carbonyl (C=O) groups excluding carboxylic acids is 1. The second kappa shape index (κ2) is 6.29. The number of thioether (sulfide) groups is 1. The van der Waals surface area contributed by atoms with Crippen LogP contribution in [0.4, 0.5) is 0 Å². The first kappa shape index (κ1) is 13.5. The fourth-order valence-electron chi connectivity index (χ4n) is 2.15. The molecule has 1 N–H and O–H groups in total. The van der Waals surface area contributed by atoms with E-state index in [1.54, 1.807) is 11.7 Å².